The first-order valence-electron chi connectivity index (χ1n) is 5.40. The minimum atomic E-state index is -0.653. The molecule has 0 spiro atoms. The summed E-state index contributed by atoms with van der Waals surface area (Å²) in [6.45, 7) is 5.62. The van der Waals surface area contributed by atoms with E-state index in [1.54, 1.807) is 0 Å². The fourth-order valence-electron chi connectivity index (χ4n) is 1.81. The van der Waals surface area contributed by atoms with E-state index in [1.807, 2.05) is 20.8 Å². The van der Waals surface area contributed by atoms with E-state index in [0.29, 0.717) is 0 Å². The van der Waals surface area contributed by atoms with Gasteiger partial charge in [0.2, 0.25) is 0 Å². The molecule has 1 aromatic heterocycles. The van der Waals surface area contributed by atoms with Gasteiger partial charge in [0, 0.05) is 5.69 Å². The highest BCUT2D eigenvalue weighted by atomic mass is 35.5. The number of benzene rings is 1. The second-order valence-electron chi connectivity index (χ2n) is 4.24. The topological polar surface area (TPSA) is 69.9 Å². The zero-order valence-corrected chi connectivity index (χ0v) is 11.1. The van der Waals surface area contributed by atoms with Gasteiger partial charge in [-0.05, 0) is 32.4 Å². The maximum Gasteiger partial charge on any atom is 0.171 e. The monoisotopic (exact) mass is 268 g/mol. The summed E-state index contributed by atoms with van der Waals surface area (Å²) in [6.07, 6.45) is 0. The first-order valence-corrected chi connectivity index (χ1v) is 5.78. The maximum atomic E-state index is 14.2. The molecular weight excluding hydrogens is 255 g/mol. The second-order valence-corrected chi connectivity index (χ2v) is 4.62. The lowest BCUT2D eigenvalue weighted by Crippen LogP contribution is -2.08. The Balaban J connectivity index is 2.79. The SMILES string of the molecule is Cc1nn(-c2c(N)cc(N)c(Cl)c2F)c(C)c1C. The molecule has 18 heavy (non-hydrogen) atoms. The third-order valence-corrected chi connectivity index (χ3v) is 3.49. The molecule has 0 aliphatic carbocycles. The summed E-state index contributed by atoms with van der Waals surface area (Å²) in [7, 11) is 0. The van der Waals surface area contributed by atoms with Gasteiger partial charge >= 0.3 is 0 Å². The number of hydrogen-bond acceptors (Lipinski definition) is 3. The number of nitrogens with two attached hydrogens (primary N) is 2. The Hall–Kier alpha value is -1.75. The van der Waals surface area contributed by atoms with Crippen molar-refractivity contribution in [1.82, 2.24) is 9.78 Å². The van der Waals surface area contributed by atoms with Crippen LogP contribution in [0.1, 0.15) is 17.0 Å². The average molecular weight is 269 g/mol. The van der Waals surface area contributed by atoms with Crippen molar-refractivity contribution in [2.75, 3.05) is 11.5 Å². The Kier molecular flexibility index (Phi) is 2.94. The molecule has 1 aromatic carbocycles. The van der Waals surface area contributed by atoms with Gasteiger partial charge in [0.1, 0.15) is 10.7 Å². The summed E-state index contributed by atoms with van der Waals surface area (Å²) in [5, 5.41) is 4.13. The lowest BCUT2D eigenvalue weighted by molar-refractivity contribution is 0.610. The van der Waals surface area contributed by atoms with Crippen LogP contribution >= 0.6 is 11.6 Å². The Morgan fingerprint density at radius 3 is 2.33 bits per heavy atom. The van der Waals surface area contributed by atoms with Crippen LogP contribution in [0.15, 0.2) is 6.07 Å². The van der Waals surface area contributed by atoms with Gasteiger partial charge in [0.05, 0.1) is 17.1 Å². The fraction of sp³-hybridized carbons (Fsp3) is 0.250. The summed E-state index contributed by atoms with van der Waals surface area (Å²) in [5.41, 5.74) is 14.5. The number of aryl methyl sites for hydroxylation is 1. The first kappa shape index (κ1) is 12.7. The van der Waals surface area contributed by atoms with Gasteiger partial charge in [0.15, 0.2) is 5.82 Å². The third-order valence-electron chi connectivity index (χ3n) is 3.10. The minimum absolute atomic E-state index is 0.119. The second kappa shape index (κ2) is 4.17. The van der Waals surface area contributed by atoms with E-state index in [2.05, 4.69) is 5.10 Å². The predicted octanol–water partition coefficient (Wildman–Crippen LogP) is 2.75. The van der Waals surface area contributed by atoms with Crippen LogP contribution in [0.3, 0.4) is 0 Å². The fourth-order valence-corrected chi connectivity index (χ4v) is 1.95. The third kappa shape index (κ3) is 1.71. The van der Waals surface area contributed by atoms with E-state index >= 15 is 0 Å². The summed E-state index contributed by atoms with van der Waals surface area (Å²) in [6, 6.07) is 1.44. The predicted molar refractivity (Wildman–Crippen MR) is 71.6 cm³/mol. The van der Waals surface area contributed by atoms with Gasteiger partial charge < -0.3 is 11.5 Å². The maximum absolute atomic E-state index is 14.2. The number of anilines is 2. The summed E-state index contributed by atoms with van der Waals surface area (Å²) in [5.74, 6) is -0.653. The Morgan fingerprint density at radius 2 is 1.83 bits per heavy atom. The van der Waals surface area contributed by atoms with Crippen LogP contribution in [-0.2, 0) is 0 Å². The number of rotatable bonds is 1. The van der Waals surface area contributed by atoms with Crippen molar-refractivity contribution in [3.63, 3.8) is 0 Å². The molecule has 0 radical (unpaired) electrons. The Morgan fingerprint density at radius 1 is 1.22 bits per heavy atom. The lowest BCUT2D eigenvalue weighted by Gasteiger charge is -2.12. The summed E-state index contributed by atoms with van der Waals surface area (Å²) >= 11 is 5.81. The molecule has 0 saturated heterocycles. The molecule has 4 nitrogen and oxygen atoms in total. The van der Waals surface area contributed by atoms with Crippen molar-refractivity contribution in [3.8, 4) is 5.69 Å². The molecule has 0 saturated carbocycles. The molecule has 0 bridgehead atoms. The smallest absolute Gasteiger partial charge is 0.171 e. The minimum Gasteiger partial charge on any atom is -0.397 e. The molecule has 0 amide bonds. The molecular formula is C12H14ClFN4. The van der Waals surface area contributed by atoms with Crippen LogP contribution in [0.5, 0.6) is 0 Å². The van der Waals surface area contributed by atoms with Gasteiger partial charge in [-0.2, -0.15) is 5.10 Å². The van der Waals surface area contributed by atoms with Crippen molar-refractivity contribution in [2.24, 2.45) is 0 Å². The van der Waals surface area contributed by atoms with Crippen LogP contribution in [0.2, 0.25) is 5.02 Å². The molecule has 0 fully saturated rings. The van der Waals surface area contributed by atoms with Gasteiger partial charge in [0.25, 0.3) is 0 Å². The van der Waals surface area contributed by atoms with Crippen LogP contribution in [0, 0.1) is 26.6 Å². The van der Waals surface area contributed by atoms with E-state index < -0.39 is 5.82 Å². The zero-order valence-electron chi connectivity index (χ0n) is 10.4. The number of hydrogen-bond donors (Lipinski definition) is 2. The van der Waals surface area contributed by atoms with Crippen LogP contribution in [-0.4, -0.2) is 9.78 Å². The standard InChI is InChI=1S/C12H14ClFN4/c1-5-6(2)17-18(7(5)3)12-9(16)4-8(15)10(13)11(12)14/h4H,15-16H2,1-3H3. The molecule has 0 aliphatic rings. The van der Waals surface area contributed by atoms with Crippen LogP contribution in [0.25, 0.3) is 5.69 Å². The van der Waals surface area contributed by atoms with Crippen molar-refractivity contribution in [1.29, 1.82) is 0 Å². The Labute approximate surface area is 109 Å². The van der Waals surface area contributed by atoms with Crippen LogP contribution < -0.4 is 11.5 Å². The van der Waals surface area contributed by atoms with Gasteiger partial charge in [-0.15, -0.1) is 0 Å². The van der Waals surface area contributed by atoms with E-state index in [4.69, 9.17) is 23.1 Å². The number of aromatic nitrogens is 2. The quantitative estimate of drug-likeness (QED) is 0.782. The van der Waals surface area contributed by atoms with Gasteiger partial charge in [-0.25, -0.2) is 9.07 Å². The lowest BCUT2D eigenvalue weighted by atomic mass is 10.2. The molecule has 4 N–H and O–H groups in total. The Bertz CT molecular complexity index is 634. The number of halogens is 2. The first-order chi connectivity index (χ1) is 8.34. The molecule has 0 aliphatic heterocycles. The van der Waals surface area contributed by atoms with E-state index in [0.717, 1.165) is 17.0 Å². The van der Waals surface area contributed by atoms with Crippen molar-refractivity contribution < 1.29 is 4.39 Å². The molecule has 6 heteroatoms. The normalized spacial score (nSPS) is 10.9. The van der Waals surface area contributed by atoms with E-state index in [1.165, 1.54) is 10.7 Å². The molecule has 0 atom stereocenters. The molecule has 96 valence electrons. The summed E-state index contributed by atoms with van der Waals surface area (Å²) in [4.78, 5) is 0. The number of nitrogens with zero attached hydrogens (tertiary/aromatic N) is 2. The van der Waals surface area contributed by atoms with Crippen molar-refractivity contribution in [3.05, 3.63) is 33.9 Å². The highest BCUT2D eigenvalue weighted by molar-refractivity contribution is 6.33. The van der Waals surface area contributed by atoms with E-state index in [9.17, 15) is 4.39 Å². The average Bonchev–Trinajstić information content (AvgIpc) is 2.55. The molecule has 0 unspecified atom stereocenters. The molecule has 1 heterocycles. The largest absolute Gasteiger partial charge is 0.397 e. The summed E-state index contributed by atoms with van der Waals surface area (Å²) < 4.78 is 15.6. The van der Waals surface area contributed by atoms with Crippen LogP contribution in [0.4, 0.5) is 15.8 Å². The molecule has 2 rings (SSSR count). The molecule has 2 aromatic rings. The van der Waals surface area contributed by atoms with Gasteiger partial charge in [-0.1, -0.05) is 11.6 Å². The van der Waals surface area contributed by atoms with E-state index in [-0.39, 0.29) is 22.1 Å². The zero-order chi connectivity index (χ0) is 13.6. The highest BCUT2D eigenvalue weighted by Crippen LogP contribution is 2.33. The highest BCUT2D eigenvalue weighted by Gasteiger charge is 2.19. The van der Waals surface area contributed by atoms with Crippen molar-refractivity contribution in [2.45, 2.75) is 20.8 Å². The number of nitrogen functional groups attached to an aromatic ring is 2. The van der Waals surface area contributed by atoms with Gasteiger partial charge in [-0.3, -0.25) is 0 Å². The van der Waals surface area contributed by atoms with Crippen molar-refractivity contribution >= 4 is 23.0 Å².